The van der Waals surface area contributed by atoms with Crippen molar-refractivity contribution >= 4 is 5.97 Å². The topological polar surface area (TPSA) is 98.0 Å². The molecular formula is C15H14O5. The number of aliphatic hydroxyl groups is 1. The van der Waals surface area contributed by atoms with Crippen LogP contribution in [0.2, 0.25) is 0 Å². The van der Waals surface area contributed by atoms with Crippen molar-refractivity contribution in [2.75, 3.05) is 0 Å². The predicted molar refractivity (Wildman–Crippen MR) is 71.8 cm³/mol. The molecule has 0 heterocycles. The van der Waals surface area contributed by atoms with Gasteiger partial charge in [-0.15, -0.1) is 0 Å². The second-order valence-electron chi connectivity index (χ2n) is 4.43. The number of aromatic hydroxyl groups is 2. The molecule has 0 aliphatic rings. The molecule has 5 heteroatoms. The minimum absolute atomic E-state index is 0.0564. The zero-order chi connectivity index (χ0) is 14.7. The van der Waals surface area contributed by atoms with Crippen molar-refractivity contribution in [2.45, 2.75) is 12.5 Å². The lowest BCUT2D eigenvalue weighted by Gasteiger charge is -2.13. The van der Waals surface area contributed by atoms with Crippen LogP contribution in [0.25, 0.3) is 0 Å². The number of carboxylic acid groups (broad SMARTS) is 1. The summed E-state index contributed by atoms with van der Waals surface area (Å²) in [6, 6.07) is 10.4. The van der Waals surface area contributed by atoms with Crippen LogP contribution in [0.3, 0.4) is 0 Å². The second kappa shape index (κ2) is 5.63. The molecule has 104 valence electrons. The van der Waals surface area contributed by atoms with Gasteiger partial charge in [-0.05, 0) is 29.3 Å². The molecule has 0 saturated heterocycles. The third-order valence-corrected chi connectivity index (χ3v) is 3.03. The maximum Gasteiger partial charge on any atom is 0.339 e. The van der Waals surface area contributed by atoms with Gasteiger partial charge >= 0.3 is 5.97 Å². The Labute approximate surface area is 115 Å². The van der Waals surface area contributed by atoms with Crippen molar-refractivity contribution < 1.29 is 25.2 Å². The highest BCUT2D eigenvalue weighted by Crippen LogP contribution is 2.26. The van der Waals surface area contributed by atoms with Crippen LogP contribution in [0, 0.1) is 0 Å². The van der Waals surface area contributed by atoms with E-state index in [2.05, 4.69) is 0 Å². The van der Waals surface area contributed by atoms with Crippen LogP contribution in [-0.4, -0.2) is 26.4 Å². The molecule has 0 saturated carbocycles. The first-order chi connectivity index (χ1) is 9.49. The number of aromatic carboxylic acids is 1. The van der Waals surface area contributed by atoms with Crippen molar-refractivity contribution in [3.8, 4) is 11.5 Å². The Morgan fingerprint density at radius 2 is 1.70 bits per heavy atom. The molecule has 2 aromatic rings. The van der Waals surface area contributed by atoms with Gasteiger partial charge in [0.2, 0.25) is 0 Å². The van der Waals surface area contributed by atoms with Crippen LogP contribution < -0.4 is 0 Å². The first kappa shape index (κ1) is 13.9. The van der Waals surface area contributed by atoms with Crippen LogP contribution in [0.5, 0.6) is 11.5 Å². The summed E-state index contributed by atoms with van der Waals surface area (Å²) in [6.45, 7) is 0. The lowest BCUT2D eigenvalue weighted by atomic mass is 9.97. The SMILES string of the molecule is O=C(O)c1c(O)cccc1CC(O)c1ccc(O)cc1. The van der Waals surface area contributed by atoms with Gasteiger partial charge in [0, 0.05) is 6.42 Å². The monoisotopic (exact) mass is 274 g/mol. The van der Waals surface area contributed by atoms with Gasteiger partial charge in [-0.2, -0.15) is 0 Å². The second-order valence-corrected chi connectivity index (χ2v) is 4.43. The molecule has 0 aromatic heterocycles. The minimum atomic E-state index is -1.24. The number of hydrogen-bond acceptors (Lipinski definition) is 4. The van der Waals surface area contributed by atoms with Gasteiger partial charge < -0.3 is 20.4 Å². The molecule has 1 atom stereocenters. The fraction of sp³-hybridized carbons (Fsp3) is 0.133. The Balaban J connectivity index is 2.28. The largest absolute Gasteiger partial charge is 0.508 e. The van der Waals surface area contributed by atoms with Gasteiger partial charge in [-0.3, -0.25) is 0 Å². The first-order valence-electron chi connectivity index (χ1n) is 6.00. The first-order valence-corrected chi connectivity index (χ1v) is 6.00. The summed E-state index contributed by atoms with van der Waals surface area (Å²) in [7, 11) is 0. The summed E-state index contributed by atoms with van der Waals surface area (Å²) in [5.41, 5.74) is 0.700. The van der Waals surface area contributed by atoms with Crippen molar-refractivity contribution in [1.29, 1.82) is 0 Å². The van der Waals surface area contributed by atoms with E-state index in [1.807, 2.05) is 0 Å². The van der Waals surface area contributed by atoms with Crippen LogP contribution in [0.4, 0.5) is 0 Å². The number of phenolic OH excluding ortho intramolecular Hbond substituents is 1. The zero-order valence-corrected chi connectivity index (χ0v) is 10.5. The molecule has 0 radical (unpaired) electrons. The third kappa shape index (κ3) is 2.89. The predicted octanol–water partition coefficient (Wildman–Crippen LogP) is 2.07. The minimum Gasteiger partial charge on any atom is -0.508 e. The van der Waals surface area contributed by atoms with Crippen LogP contribution in [0.1, 0.15) is 27.6 Å². The van der Waals surface area contributed by atoms with Crippen LogP contribution in [0.15, 0.2) is 42.5 Å². The van der Waals surface area contributed by atoms with E-state index in [1.165, 1.54) is 24.3 Å². The summed E-state index contributed by atoms with van der Waals surface area (Å²) in [5.74, 6) is -1.48. The van der Waals surface area contributed by atoms with Crippen molar-refractivity contribution in [2.24, 2.45) is 0 Å². The molecule has 0 bridgehead atoms. The number of hydrogen-bond donors (Lipinski definition) is 4. The average Bonchev–Trinajstić information content (AvgIpc) is 2.39. The summed E-state index contributed by atoms with van der Waals surface area (Å²) < 4.78 is 0. The maximum absolute atomic E-state index is 11.1. The van der Waals surface area contributed by atoms with E-state index in [0.717, 1.165) is 0 Å². The van der Waals surface area contributed by atoms with Gasteiger partial charge in [0.15, 0.2) is 0 Å². The molecule has 0 aliphatic heterocycles. The Kier molecular flexibility index (Phi) is 3.91. The lowest BCUT2D eigenvalue weighted by molar-refractivity contribution is 0.0691. The summed E-state index contributed by atoms with van der Waals surface area (Å²) >= 11 is 0. The van der Waals surface area contributed by atoms with Gasteiger partial charge in [0.1, 0.15) is 17.1 Å². The highest BCUT2D eigenvalue weighted by Gasteiger charge is 2.18. The molecule has 1 unspecified atom stereocenters. The molecule has 2 rings (SSSR count). The van der Waals surface area contributed by atoms with E-state index >= 15 is 0 Å². The Bertz CT molecular complexity index is 619. The average molecular weight is 274 g/mol. The van der Waals surface area contributed by atoms with Crippen LogP contribution in [-0.2, 0) is 6.42 Å². The smallest absolute Gasteiger partial charge is 0.339 e. The summed E-state index contributed by atoms with van der Waals surface area (Å²) in [6.07, 6.45) is -0.864. The molecule has 4 N–H and O–H groups in total. The normalized spacial score (nSPS) is 12.1. The standard InChI is InChI=1S/C15H14O5/c16-11-6-4-9(5-7-11)13(18)8-10-2-1-3-12(17)14(10)15(19)20/h1-7,13,16-18H,8H2,(H,19,20). The number of phenols is 2. The Morgan fingerprint density at radius 3 is 2.30 bits per heavy atom. The number of carboxylic acids is 1. The quantitative estimate of drug-likeness (QED) is 0.684. The Hall–Kier alpha value is -2.53. The Morgan fingerprint density at radius 1 is 1.05 bits per heavy atom. The molecule has 0 aliphatic carbocycles. The number of aliphatic hydroxyl groups excluding tert-OH is 1. The van der Waals surface area contributed by atoms with Crippen LogP contribution >= 0.6 is 0 Å². The van der Waals surface area contributed by atoms with Crippen molar-refractivity contribution in [3.63, 3.8) is 0 Å². The molecule has 5 nitrogen and oxygen atoms in total. The maximum atomic E-state index is 11.1. The van der Waals surface area contributed by atoms with Gasteiger partial charge in [-0.1, -0.05) is 24.3 Å². The van der Waals surface area contributed by atoms with E-state index < -0.39 is 12.1 Å². The van der Waals surface area contributed by atoms with E-state index in [0.29, 0.717) is 11.1 Å². The molecule has 0 amide bonds. The fourth-order valence-corrected chi connectivity index (χ4v) is 2.03. The number of benzene rings is 2. The highest BCUT2D eigenvalue weighted by atomic mass is 16.4. The third-order valence-electron chi connectivity index (χ3n) is 3.03. The van der Waals surface area contributed by atoms with Crippen molar-refractivity contribution in [1.82, 2.24) is 0 Å². The van der Waals surface area contributed by atoms with Gasteiger partial charge in [0.05, 0.1) is 6.10 Å². The molecule has 20 heavy (non-hydrogen) atoms. The highest BCUT2D eigenvalue weighted by molar-refractivity contribution is 5.92. The molecular weight excluding hydrogens is 260 g/mol. The summed E-state index contributed by atoms with van der Waals surface area (Å²) in [4.78, 5) is 11.1. The van der Waals surface area contributed by atoms with E-state index in [9.17, 15) is 20.1 Å². The lowest BCUT2D eigenvalue weighted by Crippen LogP contribution is -2.08. The van der Waals surface area contributed by atoms with E-state index in [1.54, 1.807) is 18.2 Å². The fourth-order valence-electron chi connectivity index (χ4n) is 2.03. The van der Waals surface area contributed by atoms with Crippen molar-refractivity contribution in [3.05, 3.63) is 59.2 Å². The molecule has 0 fully saturated rings. The van der Waals surface area contributed by atoms with E-state index in [4.69, 9.17) is 5.11 Å². The molecule has 0 spiro atoms. The summed E-state index contributed by atoms with van der Waals surface area (Å²) in [5, 5.41) is 38.0. The van der Waals surface area contributed by atoms with Gasteiger partial charge in [0.25, 0.3) is 0 Å². The number of carbonyl (C=O) groups is 1. The molecule has 2 aromatic carbocycles. The number of rotatable bonds is 4. The van der Waals surface area contributed by atoms with Gasteiger partial charge in [-0.25, -0.2) is 4.79 Å². The zero-order valence-electron chi connectivity index (χ0n) is 10.5. The van der Waals surface area contributed by atoms with E-state index in [-0.39, 0.29) is 23.5 Å².